The minimum absolute atomic E-state index is 0.0956. The highest BCUT2D eigenvalue weighted by molar-refractivity contribution is 8.00. The summed E-state index contributed by atoms with van der Waals surface area (Å²) in [6.45, 7) is 5.20. The molecule has 1 aliphatic heterocycles. The highest BCUT2D eigenvalue weighted by Gasteiger charge is 2.20. The van der Waals surface area contributed by atoms with Gasteiger partial charge in [0.15, 0.2) is 0 Å². The Bertz CT molecular complexity index is 826. The summed E-state index contributed by atoms with van der Waals surface area (Å²) in [7, 11) is 2.06. The van der Waals surface area contributed by atoms with E-state index in [1.165, 1.54) is 11.8 Å². The van der Waals surface area contributed by atoms with Crippen molar-refractivity contribution in [2.24, 2.45) is 0 Å². The number of aromatic nitrogens is 2. The number of nitriles is 1. The molecule has 0 bridgehead atoms. The summed E-state index contributed by atoms with van der Waals surface area (Å²) in [6, 6.07) is 7.91. The van der Waals surface area contributed by atoms with E-state index in [0.29, 0.717) is 16.3 Å². The lowest BCUT2D eigenvalue weighted by atomic mass is 10.0. The summed E-state index contributed by atoms with van der Waals surface area (Å²) in [4.78, 5) is 25.2. The topological polar surface area (TPSA) is 73.1 Å². The Labute approximate surface area is 157 Å². The summed E-state index contributed by atoms with van der Waals surface area (Å²) >= 11 is 1.34. The first kappa shape index (κ1) is 18.4. The van der Waals surface area contributed by atoms with Crippen molar-refractivity contribution in [1.29, 1.82) is 5.26 Å². The summed E-state index contributed by atoms with van der Waals surface area (Å²) in [5, 5.41) is 10.3. The summed E-state index contributed by atoms with van der Waals surface area (Å²) in [5.74, 6) is 0.389. The lowest BCUT2D eigenvalue weighted by molar-refractivity contribution is -0.129. The predicted molar refractivity (Wildman–Crippen MR) is 102 cm³/mol. The molecule has 6 nitrogen and oxygen atoms in total. The van der Waals surface area contributed by atoms with Crippen LogP contribution < -0.4 is 0 Å². The highest BCUT2D eigenvalue weighted by Crippen LogP contribution is 2.30. The van der Waals surface area contributed by atoms with Crippen molar-refractivity contribution in [1.82, 2.24) is 19.8 Å². The molecule has 0 aliphatic carbocycles. The second-order valence-electron chi connectivity index (χ2n) is 6.32. The SMILES string of the molecule is Cc1cc(-c2cccnc2)c(C#N)c(SCC(=O)N2CCN(C)CC2)n1. The van der Waals surface area contributed by atoms with E-state index in [-0.39, 0.29) is 5.91 Å². The molecule has 1 aliphatic rings. The van der Waals surface area contributed by atoms with Crippen LogP contribution in [-0.2, 0) is 4.79 Å². The van der Waals surface area contributed by atoms with Crippen molar-refractivity contribution < 1.29 is 4.79 Å². The number of rotatable bonds is 4. The van der Waals surface area contributed by atoms with Gasteiger partial charge >= 0.3 is 0 Å². The van der Waals surface area contributed by atoms with Crippen LogP contribution in [0.2, 0.25) is 0 Å². The molecule has 134 valence electrons. The van der Waals surface area contributed by atoms with Crippen LogP contribution in [0.15, 0.2) is 35.6 Å². The number of nitrogens with zero attached hydrogens (tertiary/aromatic N) is 5. The van der Waals surface area contributed by atoms with Crippen LogP contribution in [0.5, 0.6) is 0 Å². The van der Waals surface area contributed by atoms with E-state index in [1.54, 1.807) is 12.4 Å². The number of hydrogen-bond acceptors (Lipinski definition) is 6. The molecule has 26 heavy (non-hydrogen) atoms. The zero-order chi connectivity index (χ0) is 18.5. The standard InChI is InChI=1S/C19H21N5OS/c1-14-10-16(15-4-3-5-21-12-15)17(11-20)19(22-14)26-13-18(25)24-8-6-23(2)7-9-24/h3-5,10,12H,6-9,13H2,1-2H3. The maximum Gasteiger partial charge on any atom is 0.233 e. The molecule has 0 radical (unpaired) electrons. The van der Waals surface area contributed by atoms with Crippen LogP contribution >= 0.6 is 11.8 Å². The zero-order valence-electron chi connectivity index (χ0n) is 15.0. The Morgan fingerprint density at radius 2 is 2.12 bits per heavy atom. The van der Waals surface area contributed by atoms with Gasteiger partial charge in [-0.3, -0.25) is 9.78 Å². The van der Waals surface area contributed by atoms with Gasteiger partial charge in [0.25, 0.3) is 0 Å². The molecule has 1 amide bonds. The van der Waals surface area contributed by atoms with E-state index in [1.807, 2.05) is 30.0 Å². The minimum atomic E-state index is 0.0956. The number of hydrogen-bond donors (Lipinski definition) is 0. The number of likely N-dealkylation sites (N-methyl/N-ethyl adjacent to an activating group) is 1. The monoisotopic (exact) mass is 367 g/mol. The fourth-order valence-electron chi connectivity index (χ4n) is 2.88. The van der Waals surface area contributed by atoms with E-state index in [2.05, 4.69) is 28.0 Å². The average Bonchev–Trinajstić information content (AvgIpc) is 2.67. The smallest absolute Gasteiger partial charge is 0.233 e. The Morgan fingerprint density at radius 1 is 1.35 bits per heavy atom. The van der Waals surface area contributed by atoms with E-state index < -0.39 is 0 Å². The van der Waals surface area contributed by atoms with Crippen LogP contribution in [0.25, 0.3) is 11.1 Å². The quantitative estimate of drug-likeness (QED) is 0.772. The summed E-state index contributed by atoms with van der Waals surface area (Å²) in [6.07, 6.45) is 3.44. The van der Waals surface area contributed by atoms with Crippen LogP contribution in [0, 0.1) is 18.3 Å². The molecule has 1 saturated heterocycles. The molecule has 7 heteroatoms. The molecule has 0 spiro atoms. The van der Waals surface area contributed by atoms with E-state index in [4.69, 9.17) is 0 Å². The Balaban J connectivity index is 1.79. The first-order valence-corrected chi connectivity index (χ1v) is 9.48. The largest absolute Gasteiger partial charge is 0.339 e. The summed E-state index contributed by atoms with van der Waals surface area (Å²) in [5.41, 5.74) is 3.00. The van der Waals surface area contributed by atoms with Gasteiger partial charge in [0.05, 0.1) is 11.3 Å². The van der Waals surface area contributed by atoms with E-state index in [0.717, 1.165) is 43.0 Å². The molecule has 3 rings (SSSR count). The van der Waals surface area contributed by atoms with E-state index in [9.17, 15) is 10.1 Å². The number of carbonyl (C=O) groups excluding carboxylic acids is 1. The number of thioether (sulfide) groups is 1. The summed E-state index contributed by atoms with van der Waals surface area (Å²) < 4.78 is 0. The van der Waals surface area contributed by atoms with Crippen molar-refractivity contribution in [3.8, 4) is 17.2 Å². The predicted octanol–water partition coefficient (Wildman–Crippen LogP) is 2.19. The van der Waals surface area contributed by atoms with Crippen LogP contribution in [-0.4, -0.2) is 64.7 Å². The van der Waals surface area contributed by atoms with Gasteiger partial charge in [-0.15, -0.1) is 0 Å². The zero-order valence-corrected chi connectivity index (χ0v) is 15.8. The fraction of sp³-hybridized carbons (Fsp3) is 0.368. The molecule has 0 atom stereocenters. The molecule has 2 aromatic heterocycles. The first-order chi connectivity index (χ1) is 12.6. The number of pyridine rings is 2. The lowest BCUT2D eigenvalue weighted by Gasteiger charge is -2.32. The third-order valence-electron chi connectivity index (χ3n) is 4.39. The molecule has 0 unspecified atom stereocenters. The number of amides is 1. The third kappa shape index (κ3) is 4.21. The fourth-order valence-corrected chi connectivity index (χ4v) is 3.84. The average molecular weight is 367 g/mol. The second-order valence-corrected chi connectivity index (χ2v) is 7.28. The van der Waals surface area contributed by atoms with Gasteiger partial charge in [0, 0.05) is 55.4 Å². The number of carbonyl (C=O) groups is 1. The van der Waals surface area contributed by atoms with Crippen LogP contribution in [0.4, 0.5) is 0 Å². The van der Waals surface area contributed by atoms with Crippen molar-refractivity contribution >= 4 is 17.7 Å². The maximum atomic E-state index is 12.5. The van der Waals surface area contributed by atoms with Gasteiger partial charge < -0.3 is 9.80 Å². The Kier molecular flexibility index (Phi) is 5.86. The molecular weight excluding hydrogens is 346 g/mol. The van der Waals surface area contributed by atoms with Gasteiger partial charge in [-0.1, -0.05) is 17.8 Å². The second kappa shape index (κ2) is 8.30. The van der Waals surface area contributed by atoms with E-state index >= 15 is 0 Å². The van der Waals surface area contributed by atoms with Crippen molar-refractivity contribution in [2.75, 3.05) is 39.0 Å². The van der Waals surface area contributed by atoms with Gasteiger partial charge in [0.2, 0.25) is 5.91 Å². The number of piperazine rings is 1. The molecule has 3 heterocycles. The normalized spacial score (nSPS) is 14.9. The molecule has 2 aromatic rings. The van der Waals surface area contributed by atoms with Gasteiger partial charge in [-0.2, -0.15) is 5.26 Å². The van der Waals surface area contributed by atoms with Crippen molar-refractivity contribution in [2.45, 2.75) is 11.9 Å². The molecule has 0 N–H and O–H groups in total. The lowest BCUT2D eigenvalue weighted by Crippen LogP contribution is -2.47. The maximum absolute atomic E-state index is 12.5. The van der Waals surface area contributed by atoms with Crippen molar-refractivity contribution in [3.05, 3.63) is 41.9 Å². The van der Waals surface area contributed by atoms with Crippen LogP contribution in [0.3, 0.4) is 0 Å². The van der Waals surface area contributed by atoms with Crippen LogP contribution in [0.1, 0.15) is 11.3 Å². The minimum Gasteiger partial charge on any atom is -0.339 e. The van der Waals surface area contributed by atoms with Crippen molar-refractivity contribution in [3.63, 3.8) is 0 Å². The Hall–Kier alpha value is -2.43. The highest BCUT2D eigenvalue weighted by atomic mass is 32.2. The third-order valence-corrected chi connectivity index (χ3v) is 5.35. The first-order valence-electron chi connectivity index (χ1n) is 8.49. The van der Waals surface area contributed by atoms with Gasteiger partial charge in [0.1, 0.15) is 11.1 Å². The van der Waals surface area contributed by atoms with Gasteiger partial charge in [-0.05, 0) is 26.1 Å². The molecule has 0 saturated carbocycles. The van der Waals surface area contributed by atoms with Gasteiger partial charge in [-0.25, -0.2) is 4.98 Å². The molecular formula is C19H21N5OS. The Morgan fingerprint density at radius 3 is 2.77 bits per heavy atom. The number of aryl methyl sites for hydroxylation is 1. The molecule has 0 aromatic carbocycles. The molecule has 1 fully saturated rings.